The van der Waals surface area contributed by atoms with Gasteiger partial charge in [-0.2, -0.15) is 0 Å². The van der Waals surface area contributed by atoms with Crippen molar-refractivity contribution >= 4 is 10.0 Å². The lowest BCUT2D eigenvalue weighted by Crippen LogP contribution is -2.30. The summed E-state index contributed by atoms with van der Waals surface area (Å²) in [7, 11) is -3.31. The van der Waals surface area contributed by atoms with Crippen molar-refractivity contribution in [1.82, 2.24) is 0 Å². The number of sulfonamides is 1. The Morgan fingerprint density at radius 2 is 1.59 bits per heavy atom. The predicted octanol–water partition coefficient (Wildman–Crippen LogP) is 3.11. The second-order valence-corrected chi connectivity index (χ2v) is 7.13. The van der Waals surface area contributed by atoms with Crippen molar-refractivity contribution in [2.75, 3.05) is 0 Å². The van der Waals surface area contributed by atoms with Gasteiger partial charge in [-0.05, 0) is 32.1 Å². The molecule has 0 unspecified atom stereocenters. The summed E-state index contributed by atoms with van der Waals surface area (Å²) in [5.41, 5.74) is 0. The highest BCUT2D eigenvalue weighted by molar-refractivity contribution is 7.90. The van der Waals surface area contributed by atoms with Gasteiger partial charge in [-0.25, -0.2) is 13.6 Å². The number of hydrogen-bond acceptors (Lipinski definition) is 2. The molecule has 1 aliphatic rings. The van der Waals surface area contributed by atoms with E-state index in [1.807, 2.05) is 6.08 Å². The van der Waals surface area contributed by atoms with Gasteiger partial charge in [-0.1, -0.05) is 38.2 Å². The number of unbranched alkanes of at least 4 members (excludes halogenated alkanes) is 6. The van der Waals surface area contributed by atoms with E-state index in [1.54, 1.807) is 0 Å². The summed E-state index contributed by atoms with van der Waals surface area (Å²) in [5, 5.41) is 5.23. The zero-order valence-corrected chi connectivity index (χ0v) is 11.5. The van der Waals surface area contributed by atoms with Gasteiger partial charge >= 0.3 is 0 Å². The first kappa shape index (κ1) is 14.7. The first-order valence-electron chi connectivity index (χ1n) is 6.65. The van der Waals surface area contributed by atoms with Gasteiger partial charge in [0.05, 0.1) is 4.75 Å². The maximum atomic E-state index is 11.3. The fourth-order valence-corrected chi connectivity index (χ4v) is 3.36. The molecule has 1 aliphatic carbocycles. The van der Waals surface area contributed by atoms with Crippen LogP contribution in [0.1, 0.15) is 64.2 Å². The molecule has 0 atom stereocenters. The van der Waals surface area contributed by atoms with Gasteiger partial charge < -0.3 is 0 Å². The van der Waals surface area contributed by atoms with Gasteiger partial charge in [0.15, 0.2) is 0 Å². The van der Waals surface area contributed by atoms with E-state index in [9.17, 15) is 8.42 Å². The van der Waals surface area contributed by atoms with Crippen molar-refractivity contribution in [1.29, 1.82) is 0 Å². The molecule has 2 N–H and O–H groups in total. The first-order valence-corrected chi connectivity index (χ1v) is 8.20. The van der Waals surface area contributed by atoms with E-state index in [4.69, 9.17) is 5.14 Å². The zero-order valence-electron chi connectivity index (χ0n) is 10.7. The number of nitrogens with two attached hydrogens (primary N) is 1. The van der Waals surface area contributed by atoms with Crippen LogP contribution in [0.3, 0.4) is 0 Å². The maximum absolute atomic E-state index is 11.3. The van der Waals surface area contributed by atoms with Crippen molar-refractivity contribution < 1.29 is 8.42 Å². The normalized spacial score (nSPS) is 17.9. The highest BCUT2D eigenvalue weighted by atomic mass is 32.2. The lowest BCUT2D eigenvalue weighted by Gasteiger charge is -2.11. The van der Waals surface area contributed by atoms with Gasteiger partial charge in [0.25, 0.3) is 0 Å². The Bertz CT molecular complexity index is 331. The lowest BCUT2D eigenvalue weighted by molar-refractivity contribution is 0.540. The maximum Gasteiger partial charge on any atom is 0.214 e. The molecule has 0 radical (unpaired) electrons. The summed E-state index contributed by atoms with van der Waals surface area (Å²) in [6.07, 6.45) is 12.4. The molecule has 0 saturated heterocycles. The Balaban J connectivity index is 2.00. The standard InChI is InChI=1S/C13H25NO2S/c1-2-3-4-5-6-7-8-9-10-13(11-12-13)17(14,15)16/h2H,1,3-12H2,(H2,14,15,16). The van der Waals surface area contributed by atoms with Gasteiger partial charge in [-0.15, -0.1) is 6.58 Å². The van der Waals surface area contributed by atoms with E-state index in [-0.39, 0.29) is 0 Å². The average Bonchev–Trinajstić information content (AvgIpc) is 3.02. The molecule has 0 heterocycles. The third-order valence-corrected chi connectivity index (χ3v) is 5.52. The third-order valence-electron chi connectivity index (χ3n) is 3.70. The summed E-state index contributed by atoms with van der Waals surface area (Å²) in [5.74, 6) is 0. The SMILES string of the molecule is C=CCCCCCCCCC1(S(N)(=O)=O)CC1. The molecule has 100 valence electrons. The second-order valence-electron chi connectivity index (χ2n) is 5.18. The van der Waals surface area contributed by atoms with Crippen LogP contribution in [0.25, 0.3) is 0 Å². The number of allylic oxidation sites excluding steroid dienone is 1. The second kappa shape index (κ2) is 6.55. The number of hydrogen-bond donors (Lipinski definition) is 1. The molecule has 0 spiro atoms. The third kappa shape index (κ3) is 4.80. The summed E-state index contributed by atoms with van der Waals surface area (Å²) >= 11 is 0. The van der Waals surface area contributed by atoms with E-state index in [1.165, 1.54) is 25.7 Å². The van der Waals surface area contributed by atoms with Crippen LogP contribution < -0.4 is 5.14 Å². The number of primary sulfonamides is 1. The summed E-state index contributed by atoms with van der Waals surface area (Å²) < 4.78 is 22.1. The Morgan fingerprint density at radius 1 is 1.06 bits per heavy atom. The van der Waals surface area contributed by atoms with Crippen molar-refractivity contribution in [2.45, 2.75) is 69.0 Å². The minimum absolute atomic E-state index is 0.532. The van der Waals surface area contributed by atoms with E-state index < -0.39 is 14.8 Å². The van der Waals surface area contributed by atoms with Crippen molar-refractivity contribution in [3.8, 4) is 0 Å². The minimum atomic E-state index is -3.31. The molecule has 17 heavy (non-hydrogen) atoms. The fraction of sp³-hybridized carbons (Fsp3) is 0.846. The Hall–Kier alpha value is -0.350. The van der Waals surface area contributed by atoms with Crippen LogP contribution in [-0.4, -0.2) is 13.2 Å². The quantitative estimate of drug-likeness (QED) is 0.484. The smallest absolute Gasteiger partial charge is 0.214 e. The van der Waals surface area contributed by atoms with Crippen molar-refractivity contribution in [3.63, 3.8) is 0 Å². The summed E-state index contributed by atoms with van der Waals surface area (Å²) in [4.78, 5) is 0. The first-order chi connectivity index (χ1) is 8.02. The van der Waals surface area contributed by atoms with E-state index in [2.05, 4.69) is 6.58 Å². The summed E-state index contributed by atoms with van der Waals surface area (Å²) in [6, 6.07) is 0. The topological polar surface area (TPSA) is 60.2 Å². The molecule has 3 nitrogen and oxygen atoms in total. The molecule has 0 aromatic rings. The van der Waals surface area contributed by atoms with Gasteiger partial charge in [0.2, 0.25) is 10.0 Å². The molecule has 0 aliphatic heterocycles. The predicted molar refractivity (Wildman–Crippen MR) is 72.2 cm³/mol. The van der Waals surface area contributed by atoms with Crippen molar-refractivity contribution in [3.05, 3.63) is 12.7 Å². The lowest BCUT2D eigenvalue weighted by atomic mass is 10.1. The Kier molecular flexibility index (Phi) is 5.67. The van der Waals surface area contributed by atoms with E-state index >= 15 is 0 Å². The highest BCUT2D eigenvalue weighted by Crippen LogP contribution is 2.46. The molecule has 1 saturated carbocycles. The molecule has 1 rings (SSSR count). The molecule has 0 bridgehead atoms. The molecule has 0 amide bonds. The van der Waals surface area contributed by atoms with Crippen LogP contribution in [0, 0.1) is 0 Å². The molecule has 0 aromatic heterocycles. The van der Waals surface area contributed by atoms with Crippen LogP contribution in [0.5, 0.6) is 0 Å². The van der Waals surface area contributed by atoms with Gasteiger partial charge in [0.1, 0.15) is 0 Å². The summed E-state index contributed by atoms with van der Waals surface area (Å²) in [6.45, 7) is 3.70. The molecule has 0 aromatic carbocycles. The highest BCUT2D eigenvalue weighted by Gasteiger charge is 2.51. The van der Waals surface area contributed by atoms with Crippen LogP contribution in [0.15, 0.2) is 12.7 Å². The van der Waals surface area contributed by atoms with Crippen molar-refractivity contribution in [2.24, 2.45) is 5.14 Å². The molecule has 1 fully saturated rings. The number of rotatable bonds is 10. The largest absolute Gasteiger partial charge is 0.228 e. The molecular weight excluding hydrogens is 234 g/mol. The van der Waals surface area contributed by atoms with Crippen LogP contribution >= 0.6 is 0 Å². The monoisotopic (exact) mass is 259 g/mol. The van der Waals surface area contributed by atoms with Crippen LogP contribution in [0.2, 0.25) is 0 Å². The van der Waals surface area contributed by atoms with E-state index in [0.717, 1.165) is 38.5 Å². The van der Waals surface area contributed by atoms with Crippen LogP contribution in [0.4, 0.5) is 0 Å². The van der Waals surface area contributed by atoms with E-state index in [0.29, 0.717) is 0 Å². The van der Waals surface area contributed by atoms with Crippen LogP contribution in [-0.2, 0) is 10.0 Å². The molecule has 4 heteroatoms. The molecular formula is C13H25NO2S. The Morgan fingerprint density at radius 3 is 2.06 bits per heavy atom. The zero-order chi connectivity index (χ0) is 12.8. The minimum Gasteiger partial charge on any atom is -0.228 e. The average molecular weight is 259 g/mol. The van der Waals surface area contributed by atoms with Gasteiger partial charge in [-0.3, -0.25) is 0 Å². The fourth-order valence-electron chi connectivity index (χ4n) is 2.26. The Labute approximate surface area is 106 Å². The van der Waals surface area contributed by atoms with Gasteiger partial charge in [0, 0.05) is 0 Å².